The van der Waals surface area contributed by atoms with Crippen LogP contribution in [0.25, 0.3) is 0 Å². The summed E-state index contributed by atoms with van der Waals surface area (Å²) in [6.45, 7) is -0.134. The first kappa shape index (κ1) is 11.5. The highest BCUT2D eigenvalue weighted by molar-refractivity contribution is 5.73. The number of alkyl halides is 3. The predicted octanol–water partition coefficient (Wildman–Crippen LogP) is 0.987. The second-order valence-corrected chi connectivity index (χ2v) is 4.67. The Hall–Kier alpha value is -0.980. The van der Waals surface area contributed by atoms with Crippen molar-refractivity contribution >= 4 is 6.03 Å². The highest BCUT2D eigenvalue weighted by Gasteiger charge is 2.65. The Morgan fingerprint density at radius 1 is 1.31 bits per heavy atom. The predicted molar refractivity (Wildman–Crippen MR) is 48.5 cm³/mol. The zero-order chi connectivity index (χ0) is 12.2. The second-order valence-electron chi connectivity index (χ2n) is 4.67. The van der Waals surface area contributed by atoms with Gasteiger partial charge in [0.1, 0.15) is 0 Å². The molecule has 1 heterocycles. The number of aliphatic hydroxyl groups is 1. The molecule has 0 bridgehead atoms. The van der Waals surface area contributed by atoms with E-state index in [0.29, 0.717) is 12.8 Å². The Labute approximate surface area is 90.2 Å². The number of carbonyl (C=O) groups excluding carboxylic acids is 1. The minimum absolute atomic E-state index is 0.134. The lowest BCUT2D eigenvalue weighted by atomic mass is 9.84. The monoisotopic (exact) mass is 238 g/mol. The van der Waals surface area contributed by atoms with Gasteiger partial charge in [0.25, 0.3) is 0 Å². The van der Waals surface area contributed by atoms with Crippen LogP contribution in [0.2, 0.25) is 0 Å². The third-order valence-electron chi connectivity index (χ3n) is 3.56. The molecule has 0 aromatic carbocycles. The average Bonchev–Trinajstić information content (AvgIpc) is 2.82. The Balaban J connectivity index is 2.20. The highest BCUT2D eigenvalue weighted by atomic mass is 19.4. The van der Waals surface area contributed by atoms with E-state index in [2.05, 4.69) is 0 Å². The number of primary amides is 1. The van der Waals surface area contributed by atoms with Gasteiger partial charge in [0.2, 0.25) is 0 Å². The molecule has 2 rings (SSSR count). The Morgan fingerprint density at radius 3 is 2.25 bits per heavy atom. The van der Waals surface area contributed by atoms with Crippen LogP contribution in [0.5, 0.6) is 0 Å². The van der Waals surface area contributed by atoms with Crippen LogP contribution in [0.3, 0.4) is 0 Å². The van der Waals surface area contributed by atoms with Crippen LogP contribution in [0, 0.1) is 0 Å². The maximum Gasteiger partial charge on any atom is 0.417 e. The molecule has 1 aliphatic carbocycles. The number of likely N-dealkylation sites (tertiary alicyclic amines) is 1. The first-order valence-corrected chi connectivity index (χ1v) is 5.06. The van der Waals surface area contributed by atoms with E-state index in [1.165, 1.54) is 4.90 Å². The van der Waals surface area contributed by atoms with Crippen LogP contribution < -0.4 is 5.73 Å². The number of amides is 2. The number of hydrogen-bond donors (Lipinski definition) is 2. The standard InChI is InChI=1S/C9H13F3N2O2/c10-9(11,12)8(16)3-4-14(6(13)15)7(5-8)1-2-7/h16H,1-5H2,(H2,13,15). The minimum atomic E-state index is -4.65. The summed E-state index contributed by atoms with van der Waals surface area (Å²) in [5.74, 6) is 0. The molecule has 7 heteroatoms. The minimum Gasteiger partial charge on any atom is -0.380 e. The maximum atomic E-state index is 12.6. The average molecular weight is 238 g/mol. The van der Waals surface area contributed by atoms with Crippen LogP contribution in [0.1, 0.15) is 25.7 Å². The number of rotatable bonds is 0. The molecular formula is C9H13F3N2O2. The largest absolute Gasteiger partial charge is 0.417 e. The van der Waals surface area contributed by atoms with Gasteiger partial charge in [0.05, 0.1) is 0 Å². The van der Waals surface area contributed by atoms with Gasteiger partial charge >= 0.3 is 12.2 Å². The van der Waals surface area contributed by atoms with Crippen molar-refractivity contribution in [2.75, 3.05) is 6.54 Å². The number of urea groups is 1. The van der Waals surface area contributed by atoms with Crippen molar-refractivity contribution in [3.05, 3.63) is 0 Å². The second kappa shape index (κ2) is 3.03. The molecule has 4 nitrogen and oxygen atoms in total. The third-order valence-corrected chi connectivity index (χ3v) is 3.56. The lowest BCUT2D eigenvalue weighted by molar-refractivity contribution is -0.277. The number of piperidine rings is 1. The Kier molecular flexibility index (Phi) is 2.18. The number of hydrogen-bond acceptors (Lipinski definition) is 2. The zero-order valence-electron chi connectivity index (χ0n) is 8.55. The van der Waals surface area contributed by atoms with Crippen molar-refractivity contribution in [3.63, 3.8) is 0 Å². The lowest BCUT2D eigenvalue weighted by Crippen LogP contribution is -2.60. The molecular weight excluding hydrogens is 225 g/mol. The van der Waals surface area contributed by atoms with Crippen molar-refractivity contribution < 1.29 is 23.1 Å². The smallest absolute Gasteiger partial charge is 0.380 e. The van der Waals surface area contributed by atoms with E-state index in [9.17, 15) is 23.1 Å². The van der Waals surface area contributed by atoms with E-state index in [-0.39, 0.29) is 6.54 Å². The molecule has 16 heavy (non-hydrogen) atoms. The number of nitrogens with zero attached hydrogens (tertiary/aromatic N) is 1. The van der Waals surface area contributed by atoms with Crippen molar-refractivity contribution in [1.82, 2.24) is 4.90 Å². The van der Waals surface area contributed by atoms with Crippen molar-refractivity contribution in [3.8, 4) is 0 Å². The summed E-state index contributed by atoms with van der Waals surface area (Å²) < 4.78 is 37.9. The summed E-state index contributed by atoms with van der Waals surface area (Å²) in [7, 11) is 0. The molecule has 3 N–H and O–H groups in total. The van der Waals surface area contributed by atoms with E-state index >= 15 is 0 Å². The lowest BCUT2D eigenvalue weighted by Gasteiger charge is -2.44. The number of carbonyl (C=O) groups is 1. The summed E-state index contributed by atoms with van der Waals surface area (Å²) in [4.78, 5) is 12.3. The molecule has 1 spiro atoms. The van der Waals surface area contributed by atoms with Crippen molar-refractivity contribution in [2.24, 2.45) is 5.73 Å². The number of halogens is 3. The fraction of sp³-hybridized carbons (Fsp3) is 0.889. The van der Waals surface area contributed by atoms with Gasteiger partial charge in [-0.3, -0.25) is 0 Å². The quantitative estimate of drug-likeness (QED) is 0.660. The summed E-state index contributed by atoms with van der Waals surface area (Å²) >= 11 is 0. The Morgan fingerprint density at radius 2 is 1.88 bits per heavy atom. The molecule has 2 aliphatic rings. The topological polar surface area (TPSA) is 66.6 Å². The van der Waals surface area contributed by atoms with Crippen LogP contribution in [-0.2, 0) is 0 Å². The van der Waals surface area contributed by atoms with Gasteiger partial charge in [-0.2, -0.15) is 13.2 Å². The summed E-state index contributed by atoms with van der Waals surface area (Å²) in [6, 6.07) is -0.707. The van der Waals surface area contributed by atoms with Crippen molar-refractivity contribution in [2.45, 2.75) is 43.0 Å². The summed E-state index contributed by atoms with van der Waals surface area (Å²) in [6.07, 6.45) is -4.64. The molecule has 0 radical (unpaired) electrons. The molecule has 0 aromatic rings. The molecule has 1 atom stereocenters. The van der Waals surface area contributed by atoms with Crippen LogP contribution in [-0.4, -0.2) is 39.9 Å². The van der Waals surface area contributed by atoms with Gasteiger partial charge in [0, 0.05) is 24.9 Å². The molecule has 92 valence electrons. The highest BCUT2D eigenvalue weighted by Crippen LogP contribution is 2.54. The molecule has 1 saturated carbocycles. The number of nitrogens with two attached hydrogens (primary N) is 1. The van der Waals surface area contributed by atoms with E-state index in [1.807, 2.05) is 0 Å². The van der Waals surface area contributed by atoms with Gasteiger partial charge in [-0.05, 0) is 12.8 Å². The normalized spacial score (nSPS) is 32.9. The van der Waals surface area contributed by atoms with E-state index in [1.54, 1.807) is 0 Å². The van der Waals surface area contributed by atoms with Crippen LogP contribution >= 0.6 is 0 Å². The van der Waals surface area contributed by atoms with Crippen LogP contribution in [0.15, 0.2) is 0 Å². The molecule has 1 aliphatic heterocycles. The molecule has 0 aromatic heterocycles. The van der Waals surface area contributed by atoms with Gasteiger partial charge in [0.15, 0.2) is 5.60 Å². The summed E-state index contributed by atoms with van der Waals surface area (Å²) in [5.41, 5.74) is 1.58. The zero-order valence-corrected chi connectivity index (χ0v) is 8.55. The Bertz CT molecular complexity index is 327. The SMILES string of the molecule is NC(=O)N1CCC(O)(C(F)(F)F)CC12CC2. The summed E-state index contributed by atoms with van der Waals surface area (Å²) in [5, 5.41) is 9.58. The first-order chi connectivity index (χ1) is 7.20. The van der Waals surface area contributed by atoms with E-state index < -0.39 is 36.2 Å². The molecule has 2 amide bonds. The van der Waals surface area contributed by atoms with Gasteiger partial charge in [-0.1, -0.05) is 0 Å². The maximum absolute atomic E-state index is 12.6. The fourth-order valence-corrected chi connectivity index (χ4v) is 2.44. The van der Waals surface area contributed by atoms with E-state index in [0.717, 1.165) is 0 Å². The van der Waals surface area contributed by atoms with Gasteiger partial charge in [-0.15, -0.1) is 0 Å². The molecule has 1 saturated heterocycles. The first-order valence-electron chi connectivity index (χ1n) is 5.06. The van der Waals surface area contributed by atoms with E-state index in [4.69, 9.17) is 5.73 Å². The van der Waals surface area contributed by atoms with Gasteiger partial charge in [-0.25, -0.2) is 4.79 Å². The van der Waals surface area contributed by atoms with Crippen molar-refractivity contribution in [1.29, 1.82) is 0 Å². The third kappa shape index (κ3) is 1.53. The van der Waals surface area contributed by atoms with Gasteiger partial charge < -0.3 is 15.7 Å². The molecule has 2 fully saturated rings. The van der Waals surface area contributed by atoms with Crippen LogP contribution in [0.4, 0.5) is 18.0 Å². The molecule has 1 unspecified atom stereocenters. The fourth-order valence-electron chi connectivity index (χ4n) is 2.44.